The van der Waals surface area contributed by atoms with E-state index in [-0.39, 0.29) is 12.6 Å². The highest BCUT2D eigenvalue weighted by Crippen LogP contribution is 2.27. The molecule has 11 heteroatoms. The summed E-state index contributed by atoms with van der Waals surface area (Å²) in [7, 11) is 3.04. The first kappa shape index (κ1) is 29.6. The lowest BCUT2D eigenvalue weighted by Gasteiger charge is -2.36. The molecule has 0 unspecified atom stereocenters. The van der Waals surface area contributed by atoms with Crippen LogP contribution in [0.4, 0.5) is 21.0 Å². The van der Waals surface area contributed by atoms with Gasteiger partial charge in [0.15, 0.2) is 5.76 Å². The van der Waals surface area contributed by atoms with Crippen molar-refractivity contribution in [2.75, 3.05) is 31.4 Å². The van der Waals surface area contributed by atoms with Crippen molar-refractivity contribution in [1.82, 2.24) is 10.1 Å². The summed E-state index contributed by atoms with van der Waals surface area (Å²) >= 11 is 0. The molecule has 1 fully saturated rings. The van der Waals surface area contributed by atoms with Gasteiger partial charge >= 0.3 is 12.1 Å². The Morgan fingerprint density at radius 2 is 1.51 bits per heavy atom. The van der Waals surface area contributed by atoms with Gasteiger partial charge in [-0.3, -0.25) is 0 Å². The maximum absolute atomic E-state index is 13.5. The normalized spacial score (nSPS) is 18.0. The molecule has 3 N–H and O–H groups in total. The maximum Gasteiger partial charge on any atom is 0.330 e. The van der Waals surface area contributed by atoms with Crippen LogP contribution in [0.15, 0.2) is 89.5 Å². The SMILES string of the molecule is COc1cccc(NC(=O)N(C[C@H]2O[C@H](Cc3cc(-c4ccccc4)on3)CC[C@@H]2O)C(=O)Nc2cccc(OC)c2)c1. The third kappa shape index (κ3) is 7.70. The molecular formula is C32H34N4O7. The maximum atomic E-state index is 13.5. The molecule has 224 valence electrons. The van der Waals surface area contributed by atoms with E-state index in [0.717, 1.165) is 10.5 Å². The van der Waals surface area contributed by atoms with Crippen LogP contribution in [0.3, 0.4) is 0 Å². The summed E-state index contributed by atoms with van der Waals surface area (Å²) < 4.78 is 22.3. The number of hydrogen-bond acceptors (Lipinski definition) is 8. The number of imide groups is 1. The van der Waals surface area contributed by atoms with Gasteiger partial charge in [0.05, 0.1) is 38.7 Å². The summed E-state index contributed by atoms with van der Waals surface area (Å²) in [6.07, 6.45) is -0.548. The number of carbonyl (C=O) groups is 2. The largest absolute Gasteiger partial charge is 0.497 e. The van der Waals surface area contributed by atoms with Crippen LogP contribution in [0.2, 0.25) is 0 Å². The molecule has 0 spiro atoms. The second-order valence-electron chi connectivity index (χ2n) is 10.1. The zero-order valence-electron chi connectivity index (χ0n) is 23.9. The number of benzene rings is 3. The zero-order valence-corrected chi connectivity index (χ0v) is 23.9. The van der Waals surface area contributed by atoms with Crippen LogP contribution < -0.4 is 20.1 Å². The van der Waals surface area contributed by atoms with E-state index in [4.69, 9.17) is 18.7 Å². The van der Waals surface area contributed by atoms with Crippen molar-refractivity contribution in [2.45, 2.75) is 37.6 Å². The van der Waals surface area contributed by atoms with Crippen LogP contribution in [0.5, 0.6) is 11.5 Å². The lowest BCUT2D eigenvalue weighted by molar-refractivity contribution is -0.119. The molecule has 2 heterocycles. The Morgan fingerprint density at radius 3 is 2.12 bits per heavy atom. The molecule has 0 radical (unpaired) electrons. The predicted octanol–water partition coefficient (Wildman–Crippen LogP) is 5.58. The van der Waals surface area contributed by atoms with Crippen LogP contribution in [-0.4, -0.2) is 66.3 Å². The van der Waals surface area contributed by atoms with E-state index in [1.54, 1.807) is 48.5 Å². The number of aliphatic hydroxyl groups excluding tert-OH is 1. The molecule has 0 saturated carbocycles. The monoisotopic (exact) mass is 586 g/mol. The van der Waals surface area contributed by atoms with Crippen LogP contribution in [0.1, 0.15) is 18.5 Å². The van der Waals surface area contributed by atoms with E-state index in [1.807, 2.05) is 36.4 Å². The average Bonchev–Trinajstić information content (AvgIpc) is 3.50. The van der Waals surface area contributed by atoms with Crippen molar-refractivity contribution in [3.05, 3.63) is 90.6 Å². The fourth-order valence-corrected chi connectivity index (χ4v) is 4.86. The third-order valence-electron chi connectivity index (χ3n) is 7.13. The minimum Gasteiger partial charge on any atom is -0.497 e. The molecule has 0 bridgehead atoms. The Hall–Kier alpha value is -4.87. The van der Waals surface area contributed by atoms with E-state index < -0.39 is 24.3 Å². The van der Waals surface area contributed by atoms with Crippen molar-refractivity contribution in [2.24, 2.45) is 0 Å². The van der Waals surface area contributed by atoms with Gasteiger partial charge in [0.1, 0.15) is 17.6 Å². The molecule has 1 saturated heterocycles. The Morgan fingerprint density at radius 1 is 0.884 bits per heavy atom. The third-order valence-corrected chi connectivity index (χ3v) is 7.13. The number of anilines is 2. The molecule has 11 nitrogen and oxygen atoms in total. The number of hydrogen-bond donors (Lipinski definition) is 3. The van der Waals surface area contributed by atoms with E-state index in [1.165, 1.54) is 14.2 Å². The van der Waals surface area contributed by atoms with Gasteiger partial charge in [0.25, 0.3) is 0 Å². The summed E-state index contributed by atoms with van der Waals surface area (Å²) in [5, 5.41) is 20.5. The highest BCUT2D eigenvalue weighted by molar-refractivity contribution is 6.05. The highest BCUT2D eigenvalue weighted by Gasteiger charge is 2.35. The second kappa shape index (κ2) is 13.9. The summed E-state index contributed by atoms with van der Waals surface area (Å²) in [5.41, 5.74) is 2.50. The fourth-order valence-electron chi connectivity index (χ4n) is 4.86. The minimum absolute atomic E-state index is 0.197. The number of methoxy groups -OCH3 is 2. The van der Waals surface area contributed by atoms with Gasteiger partial charge in [-0.15, -0.1) is 0 Å². The summed E-state index contributed by atoms with van der Waals surface area (Å²) in [6.45, 7) is -0.197. The van der Waals surface area contributed by atoms with E-state index in [9.17, 15) is 14.7 Å². The number of carbonyl (C=O) groups excluding carboxylic acids is 2. The number of urea groups is 2. The van der Waals surface area contributed by atoms with E-state index in [2.05, 4.69) is 15.8 Å². The molecule has 1 aliphatic rings. The smallest absolute Gasteiger partial charge is 0.330 e. The van der Waals surface area contributed by atoms with Gasteiger partial charge in [-0.25, -0.2) is 14.5 Å². The Balaban J connectivity index is 1.31. The van der Waals surface area contributed by atoms with Gasteiger partial charge in [-0.05, 0) is 37.1 Å². The van der Waals surface area contributed by atoms with Crippen molar-refractivity contribution < 1.29 is 33.4 Å². The van der Waals surface area contributed by atoms with Gasteiger partial charge < -0.3 is 34.5 Å². The highest BCUT2D eigenvalue weighted by atomic mass is 16.5. The Labute approximate surface area is 249 Å². The first-order valence-electron chi connectivity index (χ1n) is 13.9. The van der Waals surface area contributed by atoms with Crippen LogP contribution >= 0.6 is 0 Å². The van der Waals surface area contributed by atoms with Crippen LogP contribution in [0, 0.1) is 0 Å². The van der Waals surface area contributed by atoms with E-state index >= 15 is 0 Å². The number of amides is 4. The number of nitrogens with one attached hydrogen (secondary N) is 2. The van der Waals surface area contributed by atoms with Crippen LogP contribution in [-0.2, 0) is 11.2 Å². The number of aromatic nitrogens is 1. The van der Waals surface area contributed by atoms with Crippen LogP contribution in [0.25, 0.3) is 11.3 Å². The molecule has 3 atom stereocenters. The van der Waals surface area contributed by atoms with Crippen molar-refractivity contribution >= 4 is 23.4 Å². The molecule has 43 heavy (non-hydrogen) atoms. The fraction of sp³-hybridized carbons (Fsp3) is 0.281. The molecule has 0 aliphatic carbocycles. The average molecular weight is 587 g/mol. The summed E-state index contributed by atoms with van der Waals surface area (Å²) in [5.74, 6) is 1.74. The molecule has 5 rings (SSSR count). The first-order chi connectivity index (χ1) is 20.9. The number of ether oxygens (including phenoxy) is 3. The molecule has 4 amide bonds. The second-order valence-corrected chi connectivity index (χ2v) is 10.1. The Kier molecular flexibility index (Phi) is 9.55. The van der Waals surface area contributed by atoms with Crippen molar-refractivity contribution in [3.8, 4) is 22.8 Å². The van der Waals surface area contributed by atoms with Gasteiger partial charge in [0, 0.05) is 41.6 Å². The molecule has 1 aromatic heterocycles. The quantitative estimate of drug-likeness (QED) is 0.232. The number of nitrogens with zero attached hydrogens (tertiary/aromatic N) is 2. The Bertz CT molecular complexity index is 1470. The standard InChI is InChI=1S/C32H34N4O7/c1-40-25-12-6-10-22(16-25)33-31(38)36(32(39)34-23-11-7-13-26(17-23)41-2)20-30-28(37)15-14-27(42-30)18-24-19-29(43-35-24)21-8-4-3-5-9-21/h3-13,16-17,19,27-28,30,37H,14-15,18,20H2,1-2H3,(H,33,38)(H,34,39)/t27-,28-,30+/m0/s1. The van der Waals surface area contributed by atoms with Gasteiger partial charge in [-0.2, -0.15) is 0 Å². The van der Waals surface area contributed by atoms with Crippen molar-refractivity contribution in [1.29, 1.82) is 0 Å². The first-order valence-corrected chi connectivity index (χ1v) is 13.9. The topological polar surface area (TPSA) is 135 Å². The molecular weight excluding hydrogens is 552 g/mol. The number of rotatable bonds is 9. The van der Waals surface area contributed by atoms with Gasteiger partial charge in [0.2, 0.25) is 0 Å². The molecule has 1 aliphatic heterocycles. The minimum atomic E-state index is -0.884. The number of aliphatic hydroxyl groups is 1. The summed E-state index contributed by atoms with van der Waals surface area (Å²) in [6, 6.07) is 23.7. The van der Waals surface area contributed by atoms with Crippen molar-refractivity contribution in [3.63, 3.8) is 0 Å². The molecule has 4 aromatic rings. The van der Waals surface area contributed by atoms with E-state index in [0.29, 0.717) is 53.6 Å². The zero-order chi connectivity index (χ0) is 30.2. The lowest BCUT2D eigenvalue weighted by atomic mass is 9.97. The summed E-state index contributed by atoms with van der Waals surface area (Å²) in [4.78, 5) is 28.0. The lowest BCUT2D eigenvalue weighted by Crippen LogP contribution is -2.52. The van der Waals surface area contributed by atoms with Gasteiger partial charge in [-0.1, -0.05) is 47.6 Å². The predicted molar refractivity (Wildman–Crippen MR) is 160 cm³/mol. The molecule has 3 aromatic carbocycles.